The summed E-state index contributed by atoms with van der Waals surface area (Å²) in [6, 6.07) is 8.63. The molecule has 2 rings (SSSR count). The summed E-state index contributed by atoms with van der Waals surface area (Å²) in [6.07, 6.45) is 5.94. The lowest BCUT2D eigenvalue weighted by Gasteiger charge is -2.04. The molecule has 2 aromatic rings. The first kappa shape index (κ1) is 15.1. The highest BCUT2D eigenvalue weighted by molar-refractivity contribution is 5.77. The molecule has 0 atom stereocenters. The van der Waals surface area contributed by atoms with E-state index in [4.69, 9.17) is 9.15 Å². The van der Waals surface area contributed by atoms with Crippen LogP contribution in [0.3, 0.4) is 0 Å². The lowest BCUT2D eigenvalue weighted by Crippen LogP contribution is -1.94. The molecule has 0 spiro atoms. The molecular weight excluding hydrogens is 264 g/mol. The summed E-state index contributed by atoms with van der Waals surface area (Å²) >= 11 is 0. The first-order valence-electron chi connectivity index (χ1n) is 7.04. The number of benzene rings is 1. The lowest BCUT2D eigenvalue weighted by atomic mass is 10.1. The van der Waals surface area contributed by atoms with Crippen molar-refractivity contribution >= 4 is 11.0 Å². The van der Waals surface area contributed by atoms with Gasteiger partial charge in [0.25, 0.3) is 0 Å². The highest BCUT2D eigenvalue weighted by Crippen LogP contribution is 2.20. The van der Waals surface area contributed by atoms with Crippen LogP contribution in [0.25, 0.3) is 11.0 Å². The van der Waals surface area contributed by atoms with Crippen molar-refractivity contribution in [3.63, 3.8) is 0 Å². The molecule has 0 saturated carbocycles. The molecule has 0 fully saturated rings. The largest absolute Gasteiger partial charge is 0.465 e. The van der Waals surface area contributed by atoms with Gasteiger partial charge in [-0.1, -0.05) is 11.6 Å². The fraction of sp³-hybridized carbons (Fsp3) is 0.278. The zero-order chi connectivity index (χ0) is 15.2. The minimum absolute atomic E-state index is 0.354. The Bertz CT molecular complexity index is 731. The van der Waals surface area contributed by atoms with Crippen molar-refractivity contribution in [2.24, 2.45) is 0 Å². The third-order valence-electron chi connectivity index (χ3n) is 3.08. The topological polar surface area (TPSA) is 39.4 Å². The fourth-order valence-electron chi connectivity index (χ4n) is 1.93. The second-order valence-corrected chi connectivity index (χ2v) is 5.36. The number of rotatable bonds is 5. The lowest BCUT2D eigenvalue weighted by molar-refractivity contribution is 0.471. The minimum Gasteiger partial charge on any atom is -0.465 e. The van der Waals surface area contributed by atoms with Crippen molar-refractivity contribution in [3.8, 4) is 5.75 Å². The molecule has 0 unspecified atom stereocenters. The van der Waals surface area contributed by atoms with E-state index >= 15 is 0 Å². The maximum atomic E-state index is 11.2. The second-order valence-electron chi connectivity index (χ2n) is 5.36. The third-order valence-corrected chi connectivity index (χ3v) is 3.08. The number of ether oxygens (including phenoxy) is 1. The SMILES string of the molecule is CC(C)=CCCC(C)=COc1ccc2ccc(=O)oc2c1. The van der Waals surface area contributed by atoms with Crippen LogP contribution in [0.4, 0.5) is 0 Å². The van der Waals surface area contributed by atoms with Crippen LogP contribution in [-0.4, -0.2) is 0 Å². The van der Waals surface area contributed by atoms with Crippen molar-refractivity contribution in [1.82, 2.24) is 0 Å². The zero-order valence-electron chi connectivity index (χ0n) is 12.7. The van der Waals surface area contributed by atoms with Gasteiger partial charge in [-0.15, -0.1) is 0 Å². The fourth-order valence-corrected chi connectivity index (χ4v) is 1.93. The molecule has 0 bridgehead atoms. The van der Waals surface area contributed by atoms with Gasteiger partial charge in [0.1, 0.15) is 11.3 Å². The third kappa shape index (κ3) is 4.63. The van der Waals surface area contributed by atoms with E-state index in [2.05, 4.69) is 19.9 Å². The van der Waals surface area contributed by atoms with Gasteiger partial charge in [0.15, 0.2) is 0 Å². The van der Waals surface area contributed by atoms with Crippen LogP contribution >= 0.6 is 0 Å². The standard InChI is InChI=1S/C18H20O3/c1-13(2)5-4-6-14(3)12-20-16-9-7-15-8-10-18(19)21-17(15)11-16/h5,7-12H,4,6H2,1-3H3. The summed E-state index contributed by atoms with van der Waals surface area (Å²) in [5, 5.41) is 0.881. The van der Waals surface area contributed by atoms with E-state index in [1.807, 2.05) is 19.1 Å². The van der Waals surface area contributed by atoms with Gasteiger partial charge in [-0.3, -0.25) is 0 Å². The average molecular weight is 284 g/mol. The van der Waals surface area contributed by atoms with E-state index in [1.165, 1.54) is 17.2 Å². The number of allylic oxidation sites excluding steroid dienone is 3. The van der Waals surface area contributed by atoms with Crippen molar-refractivity contribution in [2.45, 2.75) is 33.6 Å². The Hall–Kier alpha value is -2.29. The van der Waals surface area contributed by atoms with Gasteiger partial charge in [0.05, 0.1) is 6.26 Å². The summed E-state index contributed by atoms with van der Waals surface area (Å²) in [4.78, 5) is 11.2. The van der Waals surface area contributed by atoms with E-state index in [-0.39, 0.29) is 5.63 Å². The summed E-state index contributed by atoms with van der Waals surface area (Å²) < 4.78 is 10.8. The number of fused-ring (bicyclic) bond motifs is 1. The molecule has 0 amide bonds. The molecular formula is C18H20O3. The maximum Gasteiger partial charge on any atom is 0.336 e. The summed E-state index contributed by atoms with van der Waals surface area (Å²) in [5.74, 6) is 0.665. The van der Waals surface area contributed by atoms with Gasteiger partial charge >= 0.3 is 5.63 Å². The zero-order valence-corrected chi connectivity index (χ0v) is 12.7. The molecule has 3 nitrogen and oxygen atoms in total. The Morgan fingerprint density at radius 2 is 1.95 bits per heavy atom. The minimum atomic E-state index is -0.354. The molecule has 0 N–H and O–H groups in total. The van der Waals surface area contributed by atoms with Crippen molar-refractivity contribution in [2.75, 3.05) is 0 Å². The molecule has 0 radical (unpaired) electrons. The van der Waals surface area contributed by atoms with Gasteiger partial charge in [-0.05, 0) is 57.4 Å². The second kappa shape index (κ2) is 6.93. The van der Waals surface area contributed by atoms with Crippen LogP contribution in [0, 0.1) is 0 Å². The summed E-state index contributed by atoms with van der Waals surface area (Å²) in [6.45, 7) is 6.23. The van der Waals surface area contributed by atoms with Gasteiger partial charge in [-0.25, -0.2) is 4.79 Å². The smallest absolute Gasteiger partial charge is 0.336 e. The number of hydrogen-bond donors (Lipinski definition) is 0. The Kier molecular flexibility index (Phi) is 4.99. The molecule has 110 valence electrons. The quantitative estimate of drug-likeness (QED) is 0.449. The predicted molar refractivity (Wildman–Crippen MR) is 85.5 cm³/mol. The van der Waals surface area contributed by atoms with Crippen LogP contribution in [0.15, 0.2) is 63.0 Å². The van der Waals surface area contributed by atoms with Crippen LogP contribution in [0.1, 0.15) is 33.6 Å². The van der Waals surface area contributed by atoms with Crippen molar-refractivity contribution in [3.05, 3.63) is 64.2 Å². The van der Waals surface area contributed by atoms with Crippen LogP contribution in [0.2, 0.25) is 0 Å². The molecule has 0 aliphatic rings. The molecule has 0 aliphatic carbocycles. The first-order valence-corrected chi connectivity index (χ1v) is 7.04. The van der Waals surface area contributed by atoms with Crippen LogP contribution in [-0.2, 0) is 0 Å². The highest BCUT2D eigenvalue weighted by Gasteiger charge is 2.00. The molecule has 0 aliphatic heterocycles. The highest BCUT2D eigenvalue weighted by atomic mass is 16.5. The van der Waals surface area contributed by atoms with Crippen molar-refractivity contribution in [1.29, 1.82) is 0 Å². The first-order chi connectivity index (χ1) is 10.0. The Morgan fingerprint density at radius 1 is 1.19 bits per heavy atom. The van der Waals surface area contributed by atoms with Crippen molar-refractivity contribution < 1.29 is 9.15 Å². The Morgan fingerprint density at radius 3 is 2.71 bits per heavy atom. The molecule has 21 heavy (non-hydrogen) atoms. The maximum absolute atomic E-state index is 11.2. The Labute approximate surface area is 124 Å². The molecule has 0 saturated heterocycles. The van der Waals surface area contributed by atoms with E-state index in [1.54, 1.807) is 18.4 Å². The number of hydrogen-bond acceptors (Lipinski definition) is 3. The molecule has 1 aromatic heterocycles. The van der Waals surface area contributed by atoms with Gasteiger partial charge in [0.2, 0.25) is 0 Å². The van der Waals surface area contributed by atoms with E-state index in [0.717, 1.165) is 18.2 Å². The normalized spacial score (nSPS) is 11.5. The predicted octanol–water partition coefficient (Wildman–Crippen LogP) is 4.82. The van der Waals surface area contributed by atoms with Gasteiger partial charge < -0.3 is 9.15 Å². The molecule has 3 heteroatoms. The van der Waals surface area contributed by atoms with E-state index in [0.29, 0.717) is 11.3 Å². The van der Waals surface area contributed by atoms with Gasteiger partial charge in [-0.2, -0.15) is 0 Å². The molecule has 1 heterocycles. The van der Waals surface area contributed by atoms with E-state index < -0.39 is 0 Å². The summed E-state index contributed by atoms with van der Waals surface area (Å²) in [5.41, 5.74) is 2.68. The van der Waals surface area contributed by atoms with Crippen LogP contribution < -0.4 is 10.4 Å². The van der Waals surface area contributed by atoms with E-state index in [9.17, 15) is 4.79 Å². The van der Waals surface area contributed by atoms with Crippen LogP contribution in [0.5, 0.6) is 5.75 Å². The average Bonchev–Trinajstić information content (AvgIpc) is 2.44. The van der Waals surface area contributed by atoms with Gasteiger partial charge in [0, 0.05) is 17.5 Å². The monoisotopic (exact) mass is 284 g/mol. The molecule has 1 aromatic carbocycles. The summed E-state index contributed by atoms with van der Waals surface area (Å²) in [7, 11) is 0. The Balaban J connectivity index is 2.05.